The highest BCUT2D eigenvalue weighted by atomic mass is 16.6. The van der Waals surface area contributed by atoms with E-state index in [1.807, 2.05) is 0 Å². The number of Topliss-reactive ketones (excluding diaryl/α,β-unsaturated/α-hetero) is 1. The van der Waals surface area contributed by atoms with Crippen LogP contribution in [0.4, 0.5) is 17.1 Å². The van der Waals surface area contributed by atoms with Crippen molar-refractivity contribution in [3.8, 4) is 0 Å². The van der Waals surface area contributed by atoms with Crippen molar-refractivity contribution >= 4 is 28.8 Å². The van der Waals surface area contributed by atoms with Gasteiger partial charge in [0, 0.05) is 18.7 Å². The van der Waals surface area contributed by atoms with Gasteiger partial charge in [0.05, 0.1) is 35.9 Å². The highest BCUT2D eigenvalue weighted by Crippen LogP contribution is 2.32. The van der Waals surface area contributed by atoms with Crippen LogP contribution in [-0.4, -0.2) is 41.4 Å². The molecule has 8 nitrogen and oxygen atoms in total. The monoisotopic (exact) mass is 279 g/mol. The number of carbonyl (C=O) groups excluding carboxylic acids is 2. The lowest BCUT2D eigenvalue weighted by atomic mass is 10.2. The molecule has 8 heteroatoms. The summed E-state index contributed by atoms with van der Waals surface area (Å²) in [5, 5.41) is 22.5. The minimum atomic E-state index is -0.568. The average molecular weight is 279 g/mol. The molecule has 1 fully saturated rings. The maximum atomic E-state index is 11.8. The van der Waals surface area contributed by atoms with E-state index in [1.165, 1.54) is 23.1 Å². The first-order valence-electron chi connectivity index (χ1n) is 5.98. The predicted molar refractivity (Wildman–Crippen MR) is 70.6 cm³/mol. The van der Waals surface area contributed by atoms with Gasteiger partial charge in [0.2, 0.25) is 5.91 Å². The molecule has 1 aromatic carbocycles. The number of carbonyl (C=O) groups is 2. The summed E-state index contributed by atoms with van der Waals surface area (Å²) in [6.45, 7) is 0.0257. The Morgan fingerprint density at radius 1 is 1.40 bits per heavy atom. The molecule has 0 unspecified atom stereocenters. The molecular formula is C12H13N3O5. The van der Waals surface area contributed by atoms with Gasteiger partial charge in [-0.05, 0) is 6.07 Å². The molecule has 0 spiro atoms. The van der Waals surface area contributed by atoms with Crippen molar-refractivity contribution in [2.24, 2.45) is 0 Å². The average Bonchev–Trinajstić information content (AvgIpc) is 2.75. The third-order valence-electron chi connectivity index (χ3n) is 2.89. The predicted octanol–water partition coefficient (Wildman–Crippen LogP) is 0.305. The fourth-order valence-electron chi connectivity index (χ4n) is 2.00. The van der Waals surface area contributed by atoms with Crippen LogP contribution in [0.5, 0.6) is 0 Å². The molecule has 106 valence electrons. The number of benzene rings is 1. The Morgan fingerprint density at radius 3 is 2.70 bits per heavy atom. The number of rotatable bonds is 5. The van der Waals surface area contributed by atoms with E-state index < -0.39 is 4.92 Å². The zero-order valence-electron chi connectivity index (χ0n) is 10.5. The highest BCUT2D eigenvalue weighted by molar-refractivity contribution is 6.16. The summed E-state index contributed by atoms with van der Waals surface area (Å²) in [6, 6.07) is 4.00. The van der Waals surface area contributed by atoms with Gasteiger partial charge in [-0.2, -0.15) is 0 Å². The fourth-order valence-corrected chi connectivity index (χ4v) is 2.00. The number of anilines is 2. The first kappa shape index (κ1) is 13.9. The number of non-ortho nitro benzene ring substituents is 1. The molecule has 2 rings (SSSR count). The van der Waals surface area contributed by atoms with Crippen molar-refractivity contribution in [2.45, 2.75) is 6.42 Å². The molecule has 1 aromatic rings. The summed E-state index contributed by atoms with van der Waals surface area (Å²) in [5.74, 6) is -0.614. The van der Waals surface area contributed by atoms with Crippen LogP contribution in [0, 0.1) is 10.1 Å². The van der Waals surface area contributed by atoms with Crippen molar-refractivity contribution in [3.63, 3.8) is 0 Å². The van der Waals surface area contributed by atoms with Crippen molar-refractivity contribution < 1.29 is 19.6 Å². The van der Waals surface area contributed by atoms with E-state index in [0.717, 1.165) is 0 Å². The van der Waals surface area contributed by atoms with Gasteiger partial charge in [0.1, 0.15) is 0 Å². The minimum absolute atomic E-state index is 0.0895. The van der Waals surface area contributed by atoms with Crippen LogP contribution in [0.15, 0.2) is 18.2 Å². The Bertz CT molecular complexity index is 572. The number of aliphatic hydroxyl groups excluding tert-OH is 1. The van der Waals surface area contributed by atoms with E-state index in [1.54, 1.807) is 0 Å². The normalized spacial score (nSPS) is 14.8. The lowest BCUT2D eigenvalue weighted by molar-refractivity contribution is -0.384. The standard InChI is InChI=1S/C12H13N3O5/c16-4-3-13-10-2-1-8(15(19)20)5-11(10)14-7-9(17)6-12(14)18/h1-2,5,13,16H,3-4,6-7H2. The number of hydrogen-bond donors (Lipinski definition) is 2. The molecule has 0 aliphatic carbocycles. The van der Waals surface area contributed by atoms with Crippen molar-refractivity contribution in [1.29, 1.82) is 0 Å². The second-order valence-electron chi connectivity index (χ2n) is 4.30. The van der Waals surface area contributed by atoms with Gasteiger partial charge >= 0.3 is 0 Å². The number of nitrogens with one attached hydrogen (secondary N) is 1. The second kappa shape index (κ2) is 5.66. The lowest BCUT2D eigenvalue weighted by Gasteiger charge is -2.19. The molecule has 2 N–H and O–H groups in total. The minimum Gasteiger partial charge on any atom is -0.395 e. The fraction of sp³-hybridized carbons (Fsp3) is 0.333. The van der Waals surface area contributed by atoms with E-state index in [9.17, 15) is 19.7 Å². The lowest BCUT2D eigenvalue weighted by Crippen LogP contribution is -2.26. The summed E-state index contributed by atoms with van der Waals surface area (Å²) in [5.41, 5.74) is 0.581. The van der Waals surface area contributed by atoms with E-state index in [2.05, 4.69) is 5.32 Å². The maximum Gasteiger partial charge on any atom is 0.271 e. The van der Waals surface area contributed by atoms with E-state index in [0.29, 0.717) is 5.69 Å². The van der Waals surface area contributed by atoms with Gasteiger partial charge in [-0.1, -0.05) is 0 Å². The Labute approximate surface area is 114 Å². The molecule has 1 amide bonds. The number of nitrogens with zero attached hydrogens (tertiary/aromatic N) is 2. The molecule has 0 aromatic heterocycles. The van der Waals surface area contributed by atoms with E-state index >= 15 is 0 Å². The van der Waals surface area contributed by atoms with Crippen LogP contribution in [0.2, 0.25) is 0 Å². The summed E-state index contributed by atoms with van der Waals surface area (Å²) in [7, 11) is 0. The number of aliphatic hydroxyl groups is 1. The van der Waals surface area contributed by atoms with Gasteiger partial charge < -0.3 is 15.3 Å². The molecule has 1 heterocycles. The number of hydrogen-bond acceptors (Lipinski definition) is 6. The van der Waals surface area contributed by atoms with Gasteiger partial charge in [-0.15, -0.1) is 0 Å². The summed E-state index contributed by atoms with van der Waals surface area (Å²) >= 11 is 0. The molecule has 20 heavy (non-hydrogen) atoms. The van der Waals surface area contributed by atoms with Crippen LogP contribution in [-0.2, 0) is 9.59 Å². The van der Waals surface area contributed by atoms with Gasteiger partial charge in [0.15, 0.2) is 5.78 Å². The summed E-state index contributed by atoms with van der Waals surface area (Å²) in [6.07, 6.45) is -0.192. The Hall–Kier alpha value is -2.48. The van der Waals surface area contributed by atoms with Gasteiger partial charge in [-0.25, -0.2) is 0 Å². The number of nitro groups is 1. The third kappa shape index (κ3) is 2.75. The van der Waals surface area contributed by atoms with Gasteiger partial charge in [-0.3, -0.25) is 19.7 Å². The van der Waals surface area contributed by atoms with E-state index in [-0.39, 0.29) is 49.2 Å². The summed E-state index contributed by atoms with van der Waals surface area (Å²) < 4.78 is 0. The molecule has 1 saturated heterocycles. The number of nitro benzene ring substituents is 1. The Kier molecular flexibility index (Phi) is 3.94. The molecule has 0 atom stereocenters. The van der Waals surface area contributed by atoms with Crippen molar-refractivity contribution in [2.75, 3.05) is 29.9 Å². The highest BCUT2D eigenvalue weighted by Gasteiger charge is 2.31. The Morgan fingerprint density at radius 2 is 2.15 bits per heavy atom. The van der Waals surface area contributed by atoms with Crippen LogP contribution in [0.3, 0.4) is 0 Å². The Balaban J connectivity index is 2.40. The summed E-state index contributed by atoms with van der Waals surface area (Å²) in [4.78, 5) is 34.5. The van der Waals surface area contributed by atoms with Crippen molar-refractivity contribution in [3.05, 3.63) is 28.3 Å². The molecule has 0 bridgehead atoms. The second-order valence-corrected chi connectivity index (χ2v) is 4.30. The van der Waals surface area contributed by atoms with Crippen molar-refractivity contribution in [1.82, 2.24) is 0 Å². The first-order valence-corrected chi connectivity index (χ1v) is 5.98. The number of ketones is 1. The maximum absolute atomic E-state index is 11.8. The molecule has 0 saturated carbocycles. The molecule has 0 radical (unpaired) electrons. The smallest absolute Gasteiger partial charge is 0.271 e. The molecule has 1 aliphatic rings. The molecule has 1 aliphatic heterocycles. The molecular weight excluding hydrogens is 266 g/mol. The SMILES string of the molecule is O=C1CC(=O)N(c2cc([N+](=O)[O-])ccc2NCCO)C1. The largest absolute Gasteiger partial charge is 0.395 e. The van der Waals surface area contributed by atoms with Crippen LogP contribution in [0.1, 0.15) is 6.42 Å². The van der Waals surface area contributed by atoms with Crippen LogP contribution in [0.25, 0.3) is 0 Å². The zero-order chi connectivity index (χ0) is 14.7. The quantitative estimate of drug-likeness (QED) is 0.455. The van der Waals surface area contributed by atoms with E-state index in [4.69, 9.17) is 5.11 Å². The number of amides is 1. The van der Waals surface area contributed by atoms with Crippen LogP contribution < -0.4 is 10.2 Å². The first-order chi connectivity index (χ1) is 9.52. The third-order valence-corrected chi connectivity index (χ3v) is 2.89. The van der Waals surface area contributed by atoms with Crippen LogP contribution >= 0.6 is 0 Å². The zero-order valence-corrected chi connectivity index (χ0v) is 10.5. The topological polar surface area (TPSA) is 113 Å². The van der Waals surface area contributed by atoms with Gasteiger partial charge in [0.25, 0.3) is 5.69 Å².